The molecule has 0 unspecified atom stereocenters. The molecule has 226 valence electrons. The maximum Gasteiger partial charge on any atom is 0.406 e. The van der Waals surface area contributed by atoms with E-state index < -0.39 is 67.6 Å². The van der Waals surface area contributed by atoms with Crippen molar-refractivity contribution < 1.29 is 41.1 Å². The first-order chi connectivity index (χ1) is 20.3. The zero-order valence-corrected chi connectivity index (χ0v) is 22.6. The number of rotatable bonds is 8. The molecule has 1 saturated heterocycles. The molecule has 2 aromatic carbocycles. The van der Waals surface area contributed by atoms with Gasteiger partial charge in [0.1, 0.15) is 37.2 Å². The molecular weight excluding hydrogens is 579 g/mol. The predicted octanol–water partition coefficient (Wildman–Crippen LogP) is 3.19. The Hall–Kier alpha value is -4.82. The van der Waals surface area contributed by atoms with Crippen LogP contribution in [0.25, 0.3) is 11.1 Å². The van der Waals surface area contributed by atoms with Crippen molar-refractivity contribution in [1.82, 2.24) is 30.2 Å². The molecule has 1 aromatic heterocycles. The standard InChI is InChI=1S/C28H25F5N6O4/c1-34-23(40)13-38-12-18(10-35-38)17-4-7-21-20(8-17)22(30)9-27(21)25(42)39(26(43)36-27)14-24(41)37(15-28(31,32)33)11-16-2-5-19(29)6-3-16/h2-8,10,12,22H,9,11,13-15H2,1H3,(H,34,40)(H,36,43)/t22-,27+/m1/s1. The highest BCUT2D eigenvalue weighted by molar-refractivity contribution is 6.10. The molecule has 10 nitrogen and oxygen atoms in total. The monoisotopic (exact) mass is 604 g/mol. The maximum atomic E-state index is 15.4. The second kappa shape index (κ2) is 11.1. The Morgan fingerprint density at radius 3 is 2.51 bits per heavy atom. The second-order valence-corrected chi connectivity index (χ2v) is 10.3. The van der Waals surface area contributed by atoms with Crippen LogP contribution in [-0.4, -0.2) is 69.6 Å². The van der Waals surface area contributed by atoms with Crippen molar-refractivity contribution in [2.75, 3.05) is 20.1 Å². The van der Waals surface area contributed by atoms with Gasteiger partial charge >= 0.3 is 12.2 Å². The first-order valence-electron chi connectivity index (χ1n) is 13.0. The smallest absolute Gasteiger partial charge is 0.358 e. The summed E-state index contributed by atoms with van der Waals surface area (Å²) in [7, 11) is 1.48. The van der Waals surface area contributed by atoms with Gasteiger partial charge in [-0.1, -0.05) is 24.3 Å². The van der Waals surface area contributed by atoms with E-state index in [2.05, 4.69) is 15.7 Å². The fourth-order valence-corrected chi connectivity index (χ4v) is 5.29. The first-order valence-corrected chi connectivity index (χ1v) is 13.0. The Labute approximate surface area is 241 Å². The molecule has 2 atom stereocenters. The molecule has 3 aromatic rings. The molecule has 2 N–H and O–H groups in total. The number of fused-ring (bicyclic) bond motifs is 2. The minimum Gasteiger partial charge on any atom is -0.358 e. The molecule has 43 heavy (non-hydrogen) atoms. The molecule has 15 heteroatoms. The van der Waals surface area contributed by atoms with Crippen LogP contribution in [0.2, 0.25) is 0 Å². The van der Waals surface area contributed by atoms with Gasteiger partial charge in [-0.15, -0.1) is 0 Å². The van der Waals surface area contributed by atoms with Crippen molar-refractivity contribution in [3.63, 3.8) is 0 Å². The molecule has 5 amide bonds. The van der Waals surface area contributed by atoms with Crippen molar-refractivity contribution in [2.45, 2.75) is 37.4 Å². The average Bonchev–Trinajstić information content (AvgIpc) is 3.59. The average molecular weight is 605 g/mol. The highest BCUT2D eigenvalue weighted by Crippen LogP contribution is 2.49. The summed E-state index contributed by atoms with van der Waals surface area (Å²) >= 11 is 0. The number of amides is 5. The van der Waals surface area contributed by atoms with Crippen LogP contribution in [0.15, 0.2) is 54.9 Å². The van der Waals surface area contributed by atoms with Crippen LogP contribution in [0.5, 0.6) is 0 Å². The van der Waals surface area contributed by atoms with Crippen LogP contribution in [0.1, 0.15) is 29.3 Å². The lowest BCUT2D eigenvalue weighted by Gasteiger charge is -2.26. The number of urea groups is 1. The van der Waals surface area contributed by atoms with Gasteiger partial charge in [0.05, 0.1) is 6.20 Å². The molecule has 0 saturated carbocycles. The number of imide groups is 1. The van der Waals surface area contributed by atoms with E-state index in [1.807, 2.05) is 0 Å². The van der Waals surface area contributed by atoms with Crippen LogP contribution < -0.4 is 10.6 Å². The number of benzene rings is 2. The number of carbonyl (C=O) groups is 4. The highest BCUT2D eigenvalue weighted by Gasteiger charge is 2.58. The largest absolute Gasteiger partial charge is 0.406 e. The second-order valence-electron chi connectivity index (χ2n) is 10.3. The van der Waals surface area contributed by atoms with Gasteiger partial charge in [-0.25, -0.2) is 13.6 Å². The number of hydrogen-bond donors (Lipinski definition) is 2. The van der Waals surface area contributed by atoms with Crippen molar-refractivity contribution in [3.8, 4) is 11.1 Å². The minimum atomic E-state index is -4.79. The van der Waals surface area contributed by atoms with Crippen molar-refractivity contribution in [2.24, 2.45) is 0 Å². The minimum absolute atomic E-state index is 0.0321. The Balaban J connectivity index is 1.37. The van der Waals surface area contributed by atoms with E-state index in [0.717, 1.165) is 12.1 Å². The molecular formula is C28H25F5N6O4. The van der Waals surface area contributed by atoms with E-state index in [-0.39, 0.29) is 29.1 Å². The van der Waals surface area contributed by atoms with E-state index in [0.29, 0.717) is 20.9 Å². The summed E-state index contributed by atoms with van der Waals surface area (Å²) in [5.74, 6) is -3.04. The Morgan fingerprint density at radius 1 is 1.12 bits per heavy atom. The van der Waals surface area contributed by atoms with Crippen LogP contribution in [0.4, 0.5) is 26.7 Å². The lowest BCUT2D eigenvalue weighted by atomic mass is 9.90. The van der Waals surface area contributed by atoms with E-state index in [9.17, 15) is 36.7 Å². The summed E-state index contributed by atoms with van der Waals surface area (Å²) < 4.78 is 69.9. The number of nitrogens with zero attached hydrogens (tertiary/aromatic N) is 4. The Kier molecular flexibility index (Phi) is 7.67. The van der Waals surface area contributed by atoms with Crippen LogP contribution in [-0.2, 0) is 33.0 Å². The molecule has 1 spiro atoms. The maximum absolute atomic E-state index is 15.4. The molecule has 1 aliphatic heterocycles. The van der Waals surface area contributed by atoms with Gasteiger partial charge in [0.15, 0.2) is 0 Å². The highest BCUT2D eigenvalue weighted by atomic mass is 19.4. The number of aromatic nitrogens is 2. The molecule has 2 heterocycles. The van der Waals surface area contributed by atoms with Gasteiger partial charge in [-0.2, -0.15) is 18.3 Å². The lowest BCUT2D eigenvalue weighted by Crippen LogP contribution is -2.46. The number of hydrogen-bond acceptors (Lipinski definition) is 5. The number of alkyl halides is 4. The molecule has 0 radical (unpaired) electrons. The summed E-state index contributed by atoms with van der Waals surface area (Å²) in [6.45, 7) is -3.27. The molecule has 5 rings (SSSR count). The number of nitrogens with one attached hydrogen (secondary N) is 2. The van der Waals surface area contributed by atoms with Crippen molar-refractivity contribution >= 4 is 23.8 Å². The summed E-state index contributed by atoms with van der Waals surface area (Å²) in [4.78, 5) is 52.0. The Morgan fingerprint density at radius 2 is 1.84 bits per heavy atom. The van der Waals surface area contributed by atoms with Gasteiger partial charge in [0, 0.05) is 31.8 Å². The van der Waals surface area contributed by atoms with Crippen LogP contribution in [0.3, 0.4) is 0 Å². The Bertz CT molecular complexity index is 1590. The topological polar surface area (TPSA) is 117 Å². The van der Waals surface area contributed by atoms with Gasteiger partial charge < -0.3 is 15.5 Å². The third kappa shape index (κ3) is 5.92. The normalized spacial score (nSPS) is 19.5. The lowest BCUT2D eigenvalue weighted by molar-refractivity contribution is -0.163. The zero-order valence-electron chi connectivity index (χ0n) is 22.6. The molecule has 1 fully saturated rings. The molecule has 2 aliphatic rings. The fraction of sp³-hybridized carbons (Fsp3) is 0.321. The SMILES string of the molecule is CNC(=O)Cn1cc(-c2ccc3c(c2)[C@H](F)C[C@]32NC(=O)N(CC(=O)N(Cc3ccc(F)cc3)CC(F)(F)F)C2=O)cn1. The van der Waals surface area contributed by atoms with Crippen molar-refractivity contribution in [1.29, 1.82) is 0 Å². The summed E-state index contributed by atoms with van der Waals surface area (Å²) in [6, 6.07) is 7.98. The number of halogens is 5. The summed E-state index contributed by atoms with van der Waals surface area (Å²) in [6.07, 6.45) is -3.88. The van der Waals surface area contributed by atoms with E-state index in [1.54, 1.807) is 12.3 Å². The third-order valence-corrected chi connectivity index (χ3v) is 7.36. The molecule has 0 bridgehead atoms. The van der Waals surface area contributed by atoms with Gasteiger partial charge in [-0.3, -0.25) is 24.0 Å². The quantitative estimate of drug-likeness (QED) is 0.303. The van der Waals surface area contributed by atoms with Gasteiger partial charge in [0.2, 0.25) is 11.8 Å². The predicted molar refractivity (Wildman–Crippen MR) is 140 cm³/mol. The first kappa shape index (κ1) is 29.7. The zero-order chi connectivity index (χ0) is 31.1. The van der Waals surface area contributed by atoms with Crippen LogP contribution >= 0.6 is 0 Å². The number of likely N-dealkylation sites (N-methyl/N-ethyl adjacent to an activating group) is 1. The van der Waals surface area contributed by atoms with Gasteiger partial charge in [-0.05, 0) is 40.5 Å². The van der Waals surface area contributed by atoms with Crippen LogP contribution in [0, 0.1) is 5.82 Å². The van der Waals surface area contributed by atoms with E-state index in [4.69, 9.17) is 0 Å². The third-order valence-electron chi connectivity index (χ3n) is 7.36. The van der Waals surface area contributed by atoms with E-state index in [1.165, 1.54) is 42.2 Å². The number of carbonyl (C=O) groups excluding carboxylic acids is 4. The fourth-order valence-electron chi connectivity index (χ4n) is 5.29. The summed E-state index contributed by atoms with van der Waals surface area (Å²) in [5.41, 5.74) is -0.261. The van der Waals surface area contributed by atoms with E-state index >= 15 is 4.39 Å². The molecule has 1 aliphatic carbocycles. The van der Waals surface area contributed by atoms with Gasteiger partial charge in [0.25, 0.3) is 5.91 Å². The van der Waals surface area contributed by atoms with Crippen molar-refractivity contribution in [3.05, 3.63) is 77.4 Å². The summed E-state index contributed by atoms with van der Waals surface area (Å²) in [5, 5.41) is 9.04.